The highest BCUT2D eigenvalue weighted by molar-refractivity contribution is 5.69. The zero-order chi connectivity index (χ0) is 39.2. The van der Waals surface area contributed by atoms with Crippen LogP contribution in [0.1, 0.15) is 78.5 Å². The number of fused-ring (bicyclic) bond motifs is 5. The smallest absolute Gasteiger partial charge is 0.270 e. The van der Waals surface area contributed by atoms with Gasteiger partial charge in [-0.05, 0) is 117 Å². The van der Waals surface area contributed by atoms with Gasteiger partial charge in [-0.25, -0.2) is 4.85 Å². The summed E-state index contributed by atoms with van der Waals surface area (Å²) in [4.78, 5) is 3.82. The van der Waals surface area contributed by atoms with Gasteiger partial charge in [0.05, 0.1) is 6.57 Å². The normalized spacial score (nSPS) is 16.6. The number of rotatable bonds is 10. The molecule has 0 aliphatic heterocycles. The standard InChI is InChI=1S/C50H40N2O4/c1-8-31-16-20-33(21-17-31)53-42-12-10-13-43(39(42)30-51)55-35-24-26-40-37(28-35)46-47(49(40,3)4)38-29-36(25-27-41(38)50(46,5)6)56-45-15-11-14-44(48(45)52-7)54-34-22-18-32(9-2)19-23-34/h8-29,46-47H,1-2H2,3-6H3. The molecule has 0 saturated heterocycles. The van der Waals surface area contributed by atoms with Crippen molar-refractivity contribution < 1.29 is 18.9 Å². The molecule has 56 heavy (non-hydrogen) atoms. The van der Waals surface area contributed by atoms with Crippen molar-refractivity contribution >= 4 is 17.8 Å². The van der Waals surface area contributed by atoms with Gasteiger partial charge in [0.25, 0.3) is 5.69 Å². The van der Waals surface area contributed by atoms with Crippen molar-refractivity contribution in [1.29, 1.82) is 5.26 Å². The van der Waals surface area contributed by atoms with Crippen LogP contribution in [0.5, 0.6) is 46.0 Å². The first-order valence-electron chi connectivity index (χ1n) is 18.5. The molecule has 2 aliphatic carbocycles. The van der Waals surface area contributed by atoms with Gasteiger partial charge in [0.1, 0.15) is 57.6 Å². The first-order chi connectivity index (χ1) is 27.0. The van der Waals surface area contributed by atoms with Crippen LogP contribution in [-0.2, 0) is 10.8 Å². The summed E-state index contributed by atoms with van der Waals surface area (Å²) in [5.41, 5.74) is 7.19. The van der Waals surface area contributed by atoms with E-state index in [-0.39, 0.29) is 22.7 Å². The molecule has 0 saturated carbocycles. The summed E-state index contributed by atoms with van der Waals surface area (Å²) in [6.45, 7) is 24.9. The van der Waals surface area contributed by atoms with Crippen LogP contribution in [-0.4, -0.2) is 0 Å². The lowest BCUT2D eigenvalue weighted by Crippen LogP contribution is -2.25. The SMILES string of the molecule is [C-]#[N+]c1c(Oc2ccc(C=C)cc2)cccc1Oc1ccc2c(c1)C1C(c3cc(Oc4cccc(Oc5ccc(C=C)cc5)c4C#N)ccc3C1(C)C)C2(C)C. The Balaban J connectivity index is 1.08. The van der Waals surface area contributed by atoms with Gasteiger partial charge in [-0.3, -0.25) is 0 Å². The second-order valence-electron chi connectivity index (χ2n) is 15.3. The lowest BCUT2D eigenvalue weighted by molar-refractivity contribution is 0.348. The van der Waals surface area contributed by atoms with Crippen LogP contribution in [0.15, 0.2) is 134 Å². The molecule has 274 valence electrons. The van der Waals surface area contributed by atoms with Crippen LogP contribution >= 0.6 is 0 Å². The van der Waals surface area contributed by atoms with E-state index in [0.29, 0.717) is 57.2 Å². The summed E-state index contributed by atoms with van der Waals surface area (Å²) in [5, 5.41) is 10.2. The summed E-state index contributed by atoms with van der Waals surface area (Å²) < 4.78 is 25.3. The van der Waals surface area contributed by atoms with Crippen molar-refractivity contribution in [3.8, 4) is 52.1 Å². The number of hydrogen-bond donors (Lipinski definition) is 0. The summed E-state index contributed by atoms with van der Waals surface area (Å²) in [6.07, 6.45) is 3.54. The maximum atomic E-state index is 10.2. The van der Waals surface area contributed by atoms with Crippen molar-refractivity contribution in [3.05, 3.63) is 185 Å². The topological polar surface area (TPSA) is 65.1 Å². The van der Waals surface area contributed by atoms with E-state index in [0.717, 1.165) is 11.1 Å². The van der Waals surface area contributed by atoms with Gasteiger partial charge in [0, 0.05) is 11.8 Å². The maximum absolute atomic E-state index is 10.2. The van der Waals surface area contributed by atoms with Crippen LogP contribution in [0.2, 0.25) is 0 Å². The fraction of sp³-hybridized carbons (Fsp3) is 0.160. The van der Waals surface area contributed by atoms with Crippen molar-refractivity contribution in [2.24, 2.45) is 0 Å². The van der Waals surface area contributed by atoms with Gasteiger partial charge >= 0.3 is 0 Å². The monoisotopic (exact) mass is 732 g/mol. The minimum absolute atomic E-state index is 0.160. The Morgan fingerprint density at radius 1 is 0.571 bits per heavy atom. The number of benzene rings is 6. The van der Waals surface area contributed by atoms with Gasteiger partial charge in [0.15, 0.2) is 0 Å². The molecule has 0 bridgehead atoms. The molecule has 2 atom stereocenters. The number of para-hydroxylation sites is 1. The Morgan fingerprint density at radius 2 is 0.946 bits per heavy atom. The van der Waals surface area contributed by atoms with E-state index >= 15 is 0 Å². The molecule has 8 rings (SSSR count). The lowest BCUT2D eigenvalue weighted by atomic mass is 9.72. The molecule has 6 nitrogen and oxygen atoms in total. The van der Waals surface area contributed by atoms with E-state index in [1.54, 1.807) is 36.4 Å². The number of hydrogen-bond acceptors (Lipinski definition) is 5. The minimum Gasteiger partial charge on any atom is -0.468 e. The molecule has 0 heterocycles. The molecule has 2 unspecified atom stereocenters. The van der Waals surface area contributed by atoms with Crippen LogP contribution in [0.4, 0.5) is 5.69 Å². The quantitative estimate of drug-likeness (QED) is 0.131. The Labute approximate surface area is 328 Å². The molecule has 6 heteroatoms. The second kappa shape index (κ2) is 14.0. The van der Waals surface area contributed by atoms with Crippen molar-refractivity contribution in [3.63, 3.8) is 0 Å². The highest BCUT2D eigenvalue weighted by Crippen LogP contribution is 2.67. The zero-order valence-corrected chi connectivity index (χ0v) is 31.8. The molecule has 0 fully saturated rings. The zero-order valence-electron chi connectivity index (χ0n) is 31.8. The van der Waals surface area contributed by atoms with Crippen molar-refractivity contribution in [2.75, 3.05) is 0 Å². The summed E-state index contributed by atoms with van der Waals surface area (Å²) >= 11 is 0. The molecule has 2 aliphatic rings. The van der Waals surface area contributed by atoms with Crippen LogP contribution in [0.25, 0.3) is 17.0 Å². The van der Waals surface area contributed by atoms with Gasteiger partial charge in [-0.15, -0.1) is 0 Å². The third kappa shape index (κ3) is 6.16. The van der Waals surface area contributed by atoms with E-state index in [1.165, 1.54) is 22.3 Å². The van der Waals surface area contributed by atoms with E-state index in [1.807, 2.05) is 72.8 Å². The van der Waals surface area contributed by atoms with Crippen LogP contribution in [0.3, 0.4) is 0 Å². The molecule has 6 aromatic rings. The average molecular weight is 733 g/mol. The van der Waals surface area contributed by atoms with E-state index in [9.17, 15) is 5.26 Å². The first kappa shape index (κ1) is 36.0. The Bertz CT molecular complexity index is 2420. The summed E-state index contributed by atoms with van der Waals surface area (Å²) in [5.74, 6) is 4.59. The summed E-state index contributed by atoms with van der Waals surface area (Å²) in [6, 6.07) is 40.8. The average Bonchev–Trinajstić information content (AvgIpc) is 3.59. The second-order valence-corrected chi connectivity index (χ2v) is 15.3. The third-order valence-electron chi connectivity index (χ3n) is 11.3. The minimum atomic E-state index is -0.205. The highest BCUT2D eigenvalue weighted by Gasteiger charge is 2.58. The number of nitrogens with zero attached hydrogens (tertiary/aromatic N) is 2. The van der Waals surface area contributed by atoms with Gasteiger partial charge in [-0.2, -0.15) is 5.26 Å². The molecular weight excluding hydrogens is 693 g/mol. The molecule has 0 aromatic heterocycles. The Hall–Kier alpha value is -7.02. The van der Waals surface area contributed by atoms with E-state index in [4.69, 9.17) is 25.5 Å². The van der Waals surface area contributed by atoms with Crippen molar-refractivity contribution in [1.82, 2.24) is 0 Å². The Kier molecular flexibility index (Phi) is 8.99. The predicted octanol–water partition coefficient (Wildman–Crippen LogP) is 14.0. The lowest BCUT2D eigenvalue weighted by Gasteiger charge is -2.31. The number of nitriles is 1. The molecule has 0 spiro atoms. The predicted molar refractivity (Wildman–Crippen MR) is 222 cm³/mol. The maximum Gasteiger partial charge on any atom is 0.270 e. The van der Waals surface area contributed by atoms with Crippen molar-refractivity contribution in [2.45, 2.75) is 50.4 Å². The van der Waals surface area contributed by atoms with Crippen LogP contribution in [0, 0.1) is 17.9 Å². The molecular formula is C50H40N2O4. The van der Waals surface area contributed by atoms with E-state index in [2.05, 4.69) is 76.0 Å². The third-order valence-corrected chi connectivity index (χ3v) is 11.3. The van der Waals surface area contributed by atoms with Gasteiger partial charge in [0.2, 0.25) is 0 Å². The summed E-state index contributed by atoms with van der Waals surface area (Å²) in [7, 11) is 0. The number of ether oxygens (including phenoxy) is 4. The fourth-order valence-electron chi connectivity index (χ4n) is 8.62. The largest absolute Gasteiger partial charge is 0.468 e. The van der Waals surface area contributed by atoms with E-state index < -0.39 is 0 Å². The highest BCUT2D eigenvalue weighted by atomic mass is 16.5. The Morgan fingerprint density at radius 3 is 1.36 bits per heavy atom. The first-order valence-corrected chi connectivity index (χ1v) is 18.5. The fourth-order valence-corrected chi connectivity index (χ4v) is 8.62. The molecule has 6 aromatic carbocycles. The van der Waals surface area contributed by atoms with Crippen LogP contribution < -0.4 is 18.9 Å². The van der Waals surface area contributed by atoms with Gasteiger partial charge in [-0.1, -0.05) is 102 Å². The molecule has 0 radical (unpaired) electrons. The van der Waals surface area contributed by atoms with Gasteiger partial charge < -0.3 is 18.9 Å². The molecule has 0 N–H and O–H groups in total. The molecule has 0 amide bonds.